The molecule has 122 valence electrons. The molecule has 22 heavy (non-hydrogen) atoms. The summed E-state index contributed by atoms with van der Waals surface area (Å²) in [6.45, 7) is 5.45. The molecule has 3 rings (SSSR count). The standard InChI is InChI=1S/C15H18Cl2N2O2.ClH/c1-9(21-12-2-3-13(16)14(17)4-12)15(20)19-7-10-5-18-6-11(10)8-19;/h2-4,9-11,18H,5-8H2,1H3;1H/t9?,10-,11+;. The molecule has 7 heteroatoms. The Balaban J connectivity index is 0.00000176. The number of rotatable bonds is 3. The molecule has 1 N–H and O–H groups in total. The molecule has 2 aliphatic heterocycles. The van der Waals surface area contributed by atoms with Crippen molar-refractivity contribution in [2.45, 2.75) is 13.0 Å². The van der Waals surface area contributed by atoms with Crippen LogP contribution in [-0.4, -0.2) is 43.1 Å². The van der Waals surface area contributed by atoms with Gasteiger partial charge in [0.2, 0.25) is 0 Å². The van der Waals surface area contributed by atoms with Crippen LogP contribution in [0.1, 0.15) is 6.92 Å². The lowest BCUT2D eigenvalue weighted by Gasteiger charge is -2.22. The summed E-state index contributed by atoms with van der Waals surface area (Å²) in [5.41, 5.74) is 0. The van der Waals surface area contributed by atoms with Crippen LogP contribution < -0.4 is 10.1 Å². The Bertz CT molecular complexity index is 544. The van der Waals surface area contributed by atoms with Gasteiger partial charge in [0.1, 0.15) is 5.75 Å². The van der Waals surface area contributed by atoms with Gasteiger partial charge in [0.15, 0.2) is 6.10 Å². The van der Waals surface area contributed by atoms with E-state index in [2.05, 4.69) is 5.32 Å². The van der Waals surface area contributed by atoms with Crippen LogP contribution in [0.3, 0.4) is 0 Å². The highest BCUT2D eigenvalue weighted by atomic mass is 35.5. The molecule has 2 fully saturated rings. The first-order valence-corrected chi connectivity index (χ1v) is 7.91. The summed E-state index contributed by atoms with van der Waals surface area (Å²) in [6.07, 6.45) is -0.519. The van der Waals surface area contributed by atoms with Crippen LogP contribution in [0, 0.1) is 11.8 Å². The number of nitrogens with zero attached hydrogens (tertiary/aromatic N) is 1. The van der Waals surface area contributed by atoms with Crippen LogP contribution >= 0.6 is 35.6 Å². The van der Waals surface area contributed by atoms with E-state index >= 15 is 0 Å². The molecule has 2 aliphatic rings. The number of benzene rings is 1. The van der Waals surface area contributed by atoms with Gasteiger partial charge >= 0.3 is 0 Å². The predicted octanol–water partition coefficient (Wildman–Crippen LogP) is 2.86. The summed E-state index contributed by atoms with van der Waals surface area (Å²) in [5.74, 6) is 1.78. The highest BCUT2D eigenvalue weighted by molar-refractivity contribution is 6.42. The molecule has 1 unspecified atom stereocenters. The second-order valence-corrected chi connectivity index (χ2v) is 6.57. The smallest absolute Gasteiger partial charge is 0.263 e. The van der Waals surface area contributed by atoms with Crippen LogP contribution in [0.4, 0.5) is 0 Å². The average Bonchev–Trinajstić information content (AvgIpc) is 3.03. The minimum absolute atomic E-state index is 0. The van der Waals surface area contributed by atoms with E-state index in [1.165, 1.54) is 0 Å². The van der Waals surface area contributed by atoms with E-state index in [4.69, 9.17) is 27.9 Å². The third-order valence-electron chi connectivity index (χ3n) is 4.25. The summed E-state index contributed by atoms with van der Waals surface area (Å²) in [4.78, 5) is 14.4. The molecule has 1 aromatic carbocycles. The number of ether oxygens (including phenoxy) is 1. The molecule has 1 aromatic rings. The van der Waals surface area contributed by atoms with Crippen molar-refractivity contribution >= 4 is 41.5 Å². The topological polar surface area (TPSA) is 41.6 Å². The van der Waals surface area contributed by atoms with E-state index < -0.39 is 6.10 Å². The Morgan fingerprint density at radius 3 is 2.50 bits per heavy atom. The summed E-state index contributed by atoms with van der Waals surface area (Å²) < 4.78 is 5.70. The largest absolute Gasteiger partial charge is 0.481 e. The fourth-order valence-corrected chi connectivity index (χ4v) is 3.39. The molecule has 1 amide bonds. The summed E-state index contributed by atoms with van der Waals surface area (Å²) >= 11 is 11.8. The van der Waals surface area contributed by atoms with Gasteiger partial charge < -0.3 is 15.0 Å². The van der Waals surface area contributed by atoms with Crippen molar-refractivity contribution in [1.29, 1.82) is 0 Å². The van der Waals surface area contributed by atoms with Crippen molar-refractivity contribution < 1.29 is 9.53 Å². The van der Waals surface area contributed by atoms with Gasteiger partial charge in [-0.1, -0.05) is 23.2 Å². The van der Waals surface area contributed by atoms with Crippen LogP contribution in [-0.2, 0) is 4.79 Å². The molecule has 4 nitrogen and oxygen atoms in total. The number of hydrogen-bond acceptors (Lipinski definition) is 3. The van der Waals surface area contributed by atoms with E-state index in [0.717, 1.165) is 26.2 Å². The van der Waals surface area contributed by atoms with Gasteiger partial charge in [0.05, 0.1) is 10.0 Å². The van der Waals surface area contributed by atoms with Crippen molar-refractivity contribution in [2.75, 3.05) is 26.2 Å². The monoisotopic (exact) mass is 364 g/mol. The zero-order valence-corrected chi connectivity index (χ0v) is 14.5. The molecule has 0 spiro atoms. The van der Waals surface area contributed by atoms with Crippen LogP contribution in [0.15, 0.2) is 18.2 Å². The van der Waals surface area contributed by atoms with Crippen molar-refractivity contribution in [3.8, 4) is 5.75 Å². The maximum Gasteiger partial charge on any atom is 0.263 e. The molecule has 3 atom stereocenters. The maximum atomic E-state index is 12.5. The van der Waals surface area contributed by atoms with Gasteiger partial charge in [-0.25, -0.2) is 0 Å². The van der Waals surface area contributed by atoms with Gasteiger partial charge in [0.25, 0.3) is 5.91 Å². The van der Waals surface area contributed by atoms with Gasteiger partial charge in [-0.15, -0.1) is 12.4 Å². The van der Waals surface area contributed by atoms with E-state index in [0.29, 0.717) is 27.6 Å². The van der Waals surface area contributed by atoms with E-state index in [1.807, 2.05) is 4.90 Å². The third kappa shape index (κ3) is 3.62. The van der Waals surface area contributed by atoms with E-state index in [-0.39, 0.29) is 18.3 Å². The zero-order valence-electron chi connectivity index (χ0n) is 12.2. The van der Waals surface area contributed by atoms with Gasteiger partial charge in [0, 0.05) is 32.2 Å². The van der Waals surface area contributed by atoms with E-state index in [9.17, 15) is 4.79 Å². The molecule has 0 aliphatic carbocycles. The van der Waals surface area contributed by atoms with Gasteiger partial charge in [-0.05, 0) is 30.9 Å². The summed E-state index contributed by atoms with van der Waals surface area (Å²) in [7, 11) is 0. The fraction of sp³-hybridized carbons (Fsp3) is 0.533. The van der Waals surface area contributed by atoms with Crippen molar-refractivity contribution in [3.05, 3.63) is 28.2 Å². The summed E-state index contributed by atoms with van der Waals surface area (Å²) in [5, 5.41) is 4.27. The van der Waals surface area contributed by atoms with Crippen molar-refractivity contribution in [3.63, 3.8) is 0 Å². The lowest BCUT2D eigenvalue weighted by atomic mass is 10.0. The minimum atomic E-state index is -0.519. The molecule has 0 radical (unpaired) electrons. The highest BCUT2D eigenvalue weighted by Gasteiger charge is 2.39. The molecule has 0 aromatic heterocycles. The van der Waals surface area contributed by atoms with Crippen molar-refractivity contribution in [2.24, 2.45) is 11.8 Å². The SMILES string of the molecule is CC(Oc1ccc(Cl)c(Cl)c1)C(=O)N1C[C@H]2CNC[C@H]2C1.Cl. The second-order valence-electron chi connectivity index (χ2n) is 5.76. The lowest BCUT2D eigenvalue weighted by molar-refractivity contribution is -0.137. The van der Waals surface area contributed by atoms with Crippen LogP contribution in [0.5, 0.6) is 5.75 Å². The molecular formula is C15H19Cl3N2O2. The predicted molar refractivity (Wildman–Crippen MR) is 90.2 cm³/mol. The second kappa shape index (κ2) is 7.26. The van der Waals surface area contributed by atoms with E-state index in [1.54, 1.807) is 25.1 Å². The van der Waals surface area contributed by atoms with Crippen LogP contribution in [0.2, 0.25) is 10.0 Å². The highest BCUT2D eigenvalue weighted by Crippen LogP contribution is 2.29. The first-order chi connectivity index (χ1) is 10.0. The summed E-state index contributed by atoms with van der Waals surface area (Å²) in [6, 6.07) is 5.03. The van der Waals surface area contributed by atoms with Gasteiger partial charge in [-0.2, -0.15) is 0 Å². The molecular weight excluding hydrogens is 347 g/mol. The minimum Gasteiger partial charge on any atom is -0.481 e. The Labute approximate surface area is 146 Å². The third-order valence-corrected chi connectivity index (χ3v) is 4.99. The average molecular weight is 366 g/mol. The Kier molecular flexibility index (Phi) is 5.83. The number of hydrogen-bond donors (Lipinski definition) is 1. The molecule has 2 heterocycles. The zero-order chi connectivity index (χ0) is 15.0. The first kappa shape index (κ1) is 17.7. The normalized spacial score (nSPS) is 24.6. The number of halogens is 3. The number of nitrogens with one attached hydrogen (secondary N) is 1. The number of carbonyl (C=O) groups is 1. The number of fused-ring (bicyclic) bond motifs is 1. The Hall–Kier alpha value is -0.680. The molecule has 2 saturated heterocycles. The fourth-order valence-electron chi connectivity index (χ4n) is 3.10. The first-order valence-electron chi connectivity index (χ1n) is 7.16. The maximum absolute atomic E-state index is 12.5. The van der Waals surface area contributed by atoms with Gasteiger partial charge in [-0.3, -0.25) is 4.79 Å². The quantitative estimate of drug-likeness (QED) is 0.895. The van der Waals surface area contributed by atoms with Crippen LogP contribution in [0.25, 0.3) is 0 Å². The molecule has 0 bridgehead atoms. The Morgan fingerprint density at radius 2 is 1.91 bits per heavy atom. The number of carbonyl (C=O) groups excluding carboxylic acids is 1. The molecule has 0 saturated carbocycles. The van der Waals surface area contributed by atoms with Crippen molar-refractivity contribution in [1.82, 2.24) is 10.2 Å². The lowest BCUT2D eigenvalue weighted by Crippen LogP contribution is -2.40. The number of amides is 1. The Morgan fingerprint density at radius 1 is 1.27 bits per heavy atom. The number of likely N-dealkylation sites (tertiary alicyclic amines) is 1.